The average Bonchev–Trinajstić information content (AvgIpc) is 2.67. The van der Waals surface area contributed by atoms with Crippen molar-refractivity contribution in [2.45, 2.75) is 19.3 Å². The van der Waals surface area contributed by atoms with E-state index >= 15 is 0 Å². The molecule has 0 radical (unpaired) electrons. The summed E-state index contributed by atoms with van der Waals surface area (Å²) in [7, 11) is 1.43. The van der Waals surface area contributed by atoms with Crippen molar-refractivity contribution in [3.8, 4) is 0 Å². The number of fused-ring (bicyclic) bond motifs is 1. The lowest BCUT2D eigenvalue weighted by Gasteiger charge is -2.25. The Morgan fingerprint density at radius 2 is 1.94 bits per heavy atom. The Morgan fingerprint density at radius 3 is 2.38 bits per heavy atom. The highest BCUT2D eigenvalue weighted by Crippen LogP contribution is 2.38. The fourth-order valence-corrected chi connectivity index (χ4v) is 2.49. The number of hydrogen-bond acceptors (Lipinski definition) is 3. The third-order valence-corrected chi connectivity index (χ3v) is 3.43. The minimum atomic E-state index is -0.168. The van der Waals surface area contributed by atoms with Crippen molar-refractivity contribution in [2.24, 2.45) is 11.1 Å². The Balaban J connectivity index is 2.19. The number of methoxy groups -OCH3 is 1. The molecule has 0 amide bonds. The van der Waals surface area contributed by atoms with Gasteiger partial charge in [0.25, 0.3) is 0 Å². The van der Waals surface area contributed by atoms with Gasteiger partial charge in [0.15, 0.2) is 0 Å². The van der Waals surface area contributed by atoms with Gasteiger partial charge in [-0.1, -0.05) is 24.3 Å². The predicted octanol–water partition coefficient (Wildman–Crippen LogP) is 1.29. The molecular formula is C13H17NO2. The molecule has 2 rings (SSSR count). The molecule has 86 valence electrons. The molecule has 2 N–H and O–H groups in total. The summed E-state index contributed by atoms with van der Waals surface area (Å²) in [6.45, 7) is 0.525. The highest BCUT2D eigenvalue weighted by molar-refractivity contribution is 5.70. The summed E-state index contributed by atoms with van der Waals surface area (Å²) in [6, 6.07) is 8.29. The number of nitrogens with two attached hydrogens (primary N) is 1. The molecule has 1 aromatic carbocycles. The quantitative estimate of drug-likeness (QED) is 0.779. The van der Waals surface area contributed by atoms with E-state index in [1.165, 1.54) is 18.2 Å². The molecule has 16 heavy (non-hydrogen) atoms. The SMILES string of the molecule is COC(=O)CC1(CN)Cc2ccccc2C1. The summed E-state index contributed by atoms with van der Waals surface area (Å²) in [6.07, 6.45) is 2.18. The van der Waals surface area contributed by atoms with Gasteiger partial charge in [-0.25, -0.2) is 0 Å². The van der Waals surface area contributed by atoms with E-state index in [1.807, 2.05) is 12.1 Å². The minimum Gasteiger partial charge on any atom is -0.469 e. The topological polar surface area (TPSA) is 52.3 Å². The van der Waals surface area contributed by atoms with Crippen LogP contribution in [-0.4, -0.2) is 19.6 Å². The van der Waals surface area contributed by atoms with E-state index in [1.54, 1.807) is 0 Å². The molecule has 3 heteroatoms. The maximum absolute atomic E-state index is 11.4. The smallest absolute Gasteiger partial charge is 0.306 e. The molecule has 0 aliphatic heterocycles. The van der Waals surface area contributed by atoms with Crippen LogP contribution in [0.4, 0.5) is 0 Å². The van der Waals surface area contributed by atoms with Crippen molar-refractivity contribution in [1.29, 1.82) is 0 Å². The fourth-order valence-electron chi connectivity index (χ4n) is 2.49. The van der Waals surface area contributed by atoms with Gasteiger partial charge < -0.3 is 10.5 Å². The summed E-state index contributed by atoms with van der Waals surface area (Å²) in [5.74, 6) is -0.168. The van der Waals surface area contributed by atoms with Crippen molar-refractivity contribution >= 4 is 5.97 Å². The van der Waals surface area contributed by atoms with Gasteiger partial charge in [-0.2, -0.15) is 0 Å². The molecule has 0 unspecified atom stereocenters. The number of carbonyl (C=O) groups is 1. The van der Waals surface area contributed by atoms with Crippen LogP contribution in [0.2, 0.25) is 0 Å². The van der Waals surface area contributed by atoms with Crippen molar-refractivity contribution in [3.05, 3.63) is 35.4 Å². The zero-order chi connectivity index (χ0) is 11.6. The maximum atomic E-state index is 11.4. The first-order chi connectivity index (χ1) is 7.69. The number of carbonyl (C=O) groups excluding carboxylic acids is 1. The van der Waals surface area contributed by atoms with Crippen LogP contribution in [0.1, 0.15) is 17.5 Å². The Kier molecular flexibility index (Phi) is 2.97. The van der Waals surface area contributed by atoms with Gasteiger partial charge in [0, 0.05) is 5.41 Å². The van der Waals surface area contributed by atoms with Crippen molar-refractivity contribution in [1.82, 2.24) is 0 Å². The highest BCUT2D eigenvalue weighted by Gasteiger charge is 2.38. The van der Waals surface area contributed by atoms with E-state index in [0.717, 1.165) is 12.8 Å². The van der Waals surface area contributed by atoms with Gasteiger partial charge >= 0.3 is 5.97 Å². The molecule has 0 atom stereocenters. The molecule has 1 aromatic rings. The van der Waals surface area contributed by atoms with Crippen molar-refractivity contribution < 1.29 is 9.53 Å². The Morgan fingerprint density at radius 1 is 1.38 bits per heavy atom. The summed E-state index contributed by atoms with van der Waals surface area (Å²) < 4.78 is 4.74. The Bertz CT molecular complexity index is 376. The molecule has 0 saturated heterocycles. The zero-order valence-electron chi connectivity index (χ0n) is 9.53. The monoisotopic (exact) mass is 219 g/mol. The second-order valence-corrected chi connectivity index (χ2v) is 4.58. The predicted molar refractivity (Wildman–Crippen MR) is 62.0 cm³/mol. The second kappa shape index (κ2) is 4.26. The van der Waals surface area contributed by atoms with Gasteiger partial charge in [-0.15, -0.1) is 0 Å². The van der Waals surface area contributed by atoms with Crippen LogP contribution in [0, 0.1) is 5.41 Å². The minimum absolute atomic E-state index is 0.128. The molecule has 0 saturated carbocycles. The molecule has 0 spiro atoms. The van der Waals surface area contributed by atoms with Crippen LogP contribution in [0.25, 0.3) is 0 Å². The van der Waals surface area contributed by atoms with Crippen LogP contribution in [0.5, 0.6) is 0 Å². The van der Waals surface area contributed by atoms with Crippen molar-refractivity contribution in [3.63, 3.8) is 0 Å². The molecule has 1 aliphatic rings. The largest absolute Gasteiger partial charge is 0.469 e. The van der Waals surface area contributed by atoms with E-state index in [2.05, 4.69) is 12.1 Å². The van der Waals surface area contributed by atoms with Crippen LogP contribution in [0.15, 0.2) is 24.3 Å². The lowest BCUT2D eigenvalue weighted by molar-refractivity contribution is -0.143. The van der Waals surface area contributed by atoms with E-state index < -0.39 is 0 Å². The van der Waals surface area contributed by atoms with E-state index in [0.29, 0.717) is 13.0 Å². The highest BCUT2D eigenvalue weighted by atomic mass is 16.5. The van der Waals surface area contributed by atoms with Gasteiger partial charge in [0.2, 0.25) is 0 Å². The van der Waals surface area contributed by atoms with Gasteiger partial charge in [0.1, 0.15) is 0 Å². The zero-order valence-corrected chi connectivity index (χ0v) is 9.53. The molecule has 1 aliphatic carbocycles. The molecule has 0 heterocycles. The van der Waals surface area contributed by atoms with Crippen LogP contribution in [0.3, 0.4) is 0 Å². The van der Waals surface area contributed by atoms with Crippen molar-refractivity contribution in [2.75, 3.05) is 13.7 Å². The first kappa shape index (κ1) is 11.1. The number of rotatable bonds is 3. The van der Waals surface area contributed by atoms with Gasteiger partial charge in [-0.3, -0.25) is 4.79 Å². The van der Waals surface area contributed by atoms with Crippen LogP contribution in [-0.2, 0) is 22.4 Å². The third-order valence-electron chi connectivity index (χ3n) is 3.43. The second-order valence-electron chi connectivity index (χ2n) is 4.58. The Labute approximate surface area is 95.6 Å². The number of ether oxygens (including phenoxy) is 1. The molecule has 3 nitrogen and oxygen atoms in total. The molecule has 0 aromatic heterocycles. The lowest BCUT2D eigenvalue weighted by Crippen LogP contribution is -2.34. The molecule has 0 bridgehead atoms. The standard InChI is InChI=1S/C13H17NO2/c1-16-12(15)8-13(9-14)6-10-4-2-3-5-11(10)7-13/h2-5H,6-9,14H2,1H3. The summed E-state index contributed by atoms with van der Waals surface area (Å²) in [5.41, 5.74) is 8.35. The van der Waals surface area contributed by atoms with Gasteiger partial charge in [0.05, 0.1) is 13.5 Å². The summed E-state index contributed by atoms with van der Waals surface area (Å²) >= 11 is 0. The van der Waals surface area contributed by atoms with E-state index in [-0.39, 0.29) is 11.4 Å². The number of esters is 1. The van der Waals surface area contributed by atoms with E-state index in [4.69, 9.17) is 10.5 Å². The summed E-state index contributed by atoms with van der Waals surface area (Å²) in [5, 5.41) is 0. The lowest BCUT2D eigenvalue weighted by atomic mass is 9.81. The average molecular weight is 219 g/mol. The van der Waals surface area contributed by atoms with Crippen LogP contribution < -0.4 is 5.73 Å². The van der Waals surface area contributed by atoms with Gasteiger partial charge in [-0.05, 0) is 30.5 Å². The maximum Gasteiger partial charge on any atom is 0.306 e. The molecular weight excluding hydrogens is 202 g/mol. The fraction of sp³-hybridized carbons (Fsp3) is 0.462. The Hall–Kier alpha value is -1.35. The van der Waals surface area contributed by atoms with Crippen LogP contribution >= 0.6 is 0 Å². The normalized spacial score (nSPS) is 16.9. The first-order valence-corrected chi connectivity index (χ1v) is 5.53. The summed E-state index contributed by atoms with van der Waals surface area (Å²) in [4.78, 5) is 11.4. The third kappa shape index (κ3) is 1.95. The number of hydrogen-bond donors (Lipinski definition) is 1. The van der Waals surface area contributed by atoms with E-state index in [9.17, 15) is 4.79 Å². The number of benzene rings is 1. The first-order valence-electron chi connectivity index (χ1n) is 5.53. The molecule has 0 fully saturated rings.